The fraction of sp³-hybridized carbons (Fsp3) is 0.562. The number of rotatable bonds is 6. The molecule has 116 valence electrons. The molecule has 1 aromatic rings. The second-order valence-corrected chi connectivity index (χ2v) is 5.51. The van der Waals surface area contributed by atoms with Gasteiger partial charge in [-0.2, -0.15) is 0 Å². The molecule has 5 nitrogen and oxygen atoms in total. The third-order valence-electron chi connectivity index (χ3n) is 4.11. The van der Waals surface area contributed by atoms with Crippen LogP contribution in [-0.4, -0.2) is 48.6 Å². The lowest BCUT2D eigenvalue weighted by Crippen LogP contribution is -2.43. The molecule has 1 fully saturated rings. The number of ketones is 1. The quantitative estimate of drug-likeness (QED) is 0.616. The molecule has 0 aliphatic carbocycles. The van der Waals surface area contributed by atoms with Crippen LogP contribution < -0.4 is 10.5 Å². The van der Waals surface area contributed by atoms with E-state index >= 15 is 0 Å². The van der Waals surface area contributed by atoms with Crippen LogP contribution in [0.1, 0.15) is 36.0 Å². The molecule has 1 atom stereocenters. The van der Waals surface area contributed by atoms with Gasteiger partial charge in [-0.05, 0) is 44.0 Å². The maximum Gasteiger partial charge on any atom is 0.176 e. The number of benzene rings is 1. The molecular formula is C16H24N2O3. The molecule has 1 saturated heterocycles. The van der Waals surface area contributed by atoms with E-state index in [1.807, 2.05) is 0 Å². The van der Waals surface area contributed by atoms with Crippen molar-refractivity contribution in [1.29, 1.82) is 0 Å². The molecule has 0 saturated carbocycles. The number of carbonyl (C=O) groups is 1. The standard InChI is InChI=1S/C16H24N2O3/c1-21-16-6-5-12(10-14(16)17)15(20)11-18-8-3-2-4-13(18)7-9-19/h5-6,10,13,19H,2-4,7-9,11,17H2,1H3. The third kappa shape index (κ3) is 3.95. The first-order chi connectivity index (χ1) is 10.2. The number of carbonyl (C=O) groups excluding carboxylic acids is 1. The van der Waals surface area contributed by atoms with Crippen LogP contribution in [0.3, 0.4) is 0 Å². The molecule has 21 heavy (non-hydrogen) atoms. The largest absolute Gasteiger partial charge is 0.495 e. The Morgan fingerprint density at radius 3 is 2.95 bits per heavy atom. The first-order valence-electron chi connectivity index (χ1n) is 7.47. The summed E-state index contributed by atoms with van der Waals surface area (Å²) in [6.45, 7) is 1.48. The van der Waals surface area contributed by atoms with Gasteiger partial charge in [0.2, 0.25) is 0 Å². The van der Waals surface area contributed by atoms with Gasteiger partial charge in [0.1, 0.15) is 5.75 Å². The van der Waals surface area contributed by atoms with Crippen molar-refractivity contribution in [2.24, 2.45) is 0 Å². The Morgan fingerprint density at radius 2 is 2.29 bits per heavy atom. The van der Waals surface area contributed by atoms with E-state index in [1.54, 1.807) is 25.3 Å². The van der Waals surface area contributed by atoms with E-state index in [0.29, 0.717) is 29.6 Å². The van der Waals surface area contributed by atoms with Crippen LogP contribution in [0.4, 0.5) is 5.69 Å². The number of methoxy groups -OCH3 is 1. The van der Waals surface area contributed by atoms with E-state index < -0.39 is 0 Å². The van der Waals surface area contributed by atoms with Crippen molar-refractivity contribution in [2.75, 3.05) is 32.5 Å². The van der Waals surface area contributed by atoms with Gasteiger partial charge in [0.25, 0.3) is 0 Å². The summed E-state index contributed by atoms with van der Waals surface area (Å²) >= 11 is 0. The molecule has 5 heteroatoms. The first kappa shape index (κ1) is 15.8. The van der Waals surface area contributed by atoms with E-state index in [0.717, 1.165) is 25.8 Å². The van der Waals surface area contributed by atoms with Crippen molar-refractivity contribution in [3.8, 4) is 5.75 Å². The first-order valence-corrected chi connectivity index (χ1v) is 7.47. The second-order valence-electron chi connectivity index (χ2n) is 5.51. The Kier molecular flexibility index (Phi) is 5.59. The average Bonchev–Trinajstić information content (AvgIpc) is 2.49. The number of likely N-dealkylation sites (tertiary alicyclic amines) is 1. The number of anilines is 1. The predicted molar refractivity (Wildman–Crippen MR) is 82.7 cm³/mol. The highest BCUT2D eigenvalue weighted by atomic mass is 16.5. The van der Waals surface area contributed by atoms with E-state index in [4.69, 9.17) is 15.6 Å². The smallest absolute Gasteiger partial charge is 0.176 e. The van der Waals surface area contributed by atoms with E-state index in [9.17, 15) is 4.79 Å². The summed E-state index contributed by atoms with van der Waals surface area (Å²) in [5.74, 6) is 0.650. The van der Waals surface area contributed by atoms with Gasteiger partial charge < -0.3 is 15.6 Å². The van der Waals surface area contributed by atoms with E-state index in [1.165, 1.54) is 6.42 Å². The van der Waals surface area contributed by atoms with Crippen LogP contribution >= 0.6 is 0 Å². The Hall–Kier alpha value is -1.59. The molecule has 1 heterocycles. The molecule has 1 unspecified atom stereocenters. The number of ether oxygens (including phenoxy) is 1. The normalized spacial score (nSPS) is 19.4. The van der Waals surface area contributed by atoms with Crippen molar-refractivity contribution in [3.05, 3.63) is 23.8 Å². The maximum atomic E-state index is 12.4. The highest BCUT2D eigenvalue weighted by Gasteiger charge is 2.24. The lowest BCUT2D eigenvalue weighted by Gasteiger charge is -2.34. The lowest BCUT2D eigenvalue weighted by molar-refractivity contribution is 0.0799. The topological polar surface area (TPSA) is 75.8 Å². The van der Waals surface area contributed by atoms with E-state index in [-0.39, 0.29) is 12.4 Å². The Labute approximate surface area is 125 Å². The van der Waals surface area contributed by atoms with Crippen LogP contribution in [0.15, 0.2) is 18.2 Å². The number of aliphatic hydroxyl groups is 1. The molecule has 0 bridgehead atoms. The van der Waals surface area contributed by atoms with Crippen LogP contribution in [0.5, 0.6) is 5.75 Å². The monoisotopic (exact) mass is 292 g/mol. The summed E-state index contributed by atoms with van der Waals surface area (Å²) in [7, 11) is 1.56. The zero-order valence-corrected chi connectivity index (χ0v) is 12.5. The Bertz CT molecular complexity index is 488. The molecule has 3 N–H and O–H groups in total. The molecule has 1 aromatic carbocycles. The summed E-state index contributed by atoms with van der Waals surface area (Å²) in [5, 5.41) is 9.14. The lowest BCUT2D eigenvalue weighted by atomic mass is 9.98. The minimum atomic E-state index is 0.0641. The minimum absolute atomic E-state index is 0.0641. The van der Waals surface area contributed by atoms with E-state index in [2.05, 4.69) is 4.90 Å². The van der Waals surface area contributed by atoms with Crippen LogP contribution in [-0.2, 0) is 0 Å². The van der Waals surface area contributed by atoms with Crippen LogP contribution in [0, 0.1) is 0 Å². The van der Waals surface area contributed by atoms with Crippen molar-refractivity contribution in [2.45, 2.75) is 31.7 Å². The number of nitrogen functional groups attached to an aromatic ring is 1. The molecule has 1 aliphatic heterocycles. The van der Waals surface area contributed by atoms with Gasteiger partial charge in [-0.15, -0.1) is 0 Å². The number of nitrogens with two attached hydrogens (primary N) is 1. The number of hydrogen-bond donors (Lipinski definition) is 2. The number of piperidine rings is 1. The van der Waals surface area contributed by atoms with Gasteiger partial charge in [0.15, 0.2) is 5.78 Å². The highest BCUT2D eigenvalue weighted by Crippen LogP contribution is 2.24. The van der Waals surface area contributed by atoms with Crippen molar-refractivity contribution >= 4 is 11.5 Å². The van der Waals surface area contributed by atoms with Crippen molar-refractivity contribution < 1.29 is 14.6 Å². The number of aliphatic hydroxyl groups excluding tert-OH is 1. The van der Waals surface area contributed by atoms with Crippen molar-refractivity contribution in [1.82, 2.24) is 4.90 Å². The predicted octanol–water partition coefficient (Wildman–Crippen LogP) is 1.70. The number of Topliss-reactive ketones (excluding diaryl/α,β-unsaturated/α-hetero) is 1. The van der Waals surface area contributed by atoms with Gasteiger partial charge in [0.05, 0.1) is 19.3 Å². The summed E-state index contributed by atoms with van der Waals surface area (Å²) in [4.78, 5) is 14.6. The molecule has 0 aromatic heterocycles. The molecule has 2 rings (SSSR count). The Balaban J connectivity index is 2.04. The van der Waals surface area contributed by atoms with Crippen molar-refractivity contribution in [3.63, 3.8) is 0 Å². The third-order valence-corrected chi connectivity index (χ3v) is 4.11. The van der Waals surface area contributed by atoms with Crippen LogP contribution in [0.25, 0.3) is 0 Å². The van der Waals surface area contributed by atoms with Gasteiger partial charge in [-0.25, -0.2) is 0 Å². The second kappa shape index (κ2) is 7.43. The molecule has 0 amide bonds. The fourth-order valence-electron chi connectivity index (χ4n) is 2.93. The summed E-state index contributed by atoms with van der Waals surface area (Å²) in [6.07, 6.45) is 4.07. The molecule has 1 aliphatic rings. The maximum absolute atomic E-state index is 12.4. The van der Waals surface area contributed by atoms with Gasteiger partial charge in [-0.1, -0.05) is 6.42 Å². The molecular weight excluding hydrogens is 268 g/mol. The van der Waals surface area contributed by atoms with Gasteiger partial charge in [-0.3, -0.25) is 9.69 Å². The SMILES string of the molecule is COc1ccc(C(=O)CN2CCCCC2CCO)cc1N. The minimum Gasteiger partial charge on any atom is -0.495 e. The number of nitrogens with zero attached hydrogens (tertiary/aromatic N) is 1. The summed E-state index contributed by atoms with van der Waals surface area (Å²) < 4.78 is 5.10. The highest BCUT2D eigenvalue weighted by molar-refractivity contribution is 5.98. The zero-order chi connectivity index (χ0) is 15.2. The average molecular weight is 292 g/mol. The zero-order valence-electron chi connectivity index (χ0n) is 12.5. The van der Waals surface area contributed by atoms with Crippen LogP contribution in [0.2, 0.25) is 0 Å². The Morgan fingerprint density at radius 1 is 1.48 bits per heavy atom. The molecule has 0 radical (unpaired) electrons. The molecule has 0 spiro atoms. The van der Waals surface area contributed by atoms with Gasteiger partial charge >= 0.3 is 0 Å². The summed E-state index contributed by atoms with van der Waals surface area (Å²) in [6, 6.07) is 5.46. The van der Waals surface area contributed by atoms with Gasteiger partial charge in [0, 0.05) is 18.2 Å². The number of hydrogen-bond acceptors (Lipinski definition) is 5. The fourth-order valence-corrected chi connectivity index (χ4v) is 2.93. The summed E-state index contributed by atoms with van der Waals surface area (Å²) in [5.41, 5.74) is 6.95.